The molecule has 0 unspecified atom stereocenters. The molecule has 1 saturated heterocycles. The van der Waals surface area contributed by atoms with Crippen molar-refractivity contribution in [3.63, 3.8) is 0 Å². The van der Waals surface area contributed by atoms with Crippen LogP contribution in [-0.4, -0.2) is 39.9 Å². The number of aromatic nitrogens is 2. The third kappa shape index (κ3) is 4.58. The molecule has 0 bridgehead atoms. The molecule has 4 rings (SSSR count). The number of hydrogen-bond acceptors (Lipinski definition) is 5. The maximum atomic E-state index is 12.7. The minimum absolute atomic E-state index is 0.213. The predicted octanol–water partition coefficient (Wildman–Crippen LogP) is 3.11. The molecule has 2 heterocycles. The molecule has 1 aromatic heterocycles. The molecule has 2 aromatic carbocycles. The zero-order valence-electron chi connectivity index (χ0n) is 17.1. The van der Waals surface area contributed by atoms with Crippen LogP contribution >= 0.6 is 0 Å². The van der Waals surface area contributed by atoms with Crippen molar-refractivity contribution in [2.75, 3.05) is 23.3 Å². The van der Waals surface area contributed by atoms with Crippen LogP contribution in [0.15, 0.2) is 53.3 Å². The summed E-state index contributed by atoms with van der Waals surface area (Å²) in [4.78, 5) is 39.1. The molecular weight excluding hydrogens is 396 g/mol. The number of fused-ring (bicyclic) bond motifs is 1. The highest BCUT2D eigenvalue weighted by molar-refractivity contribution is 6.01. The molecule has 0 saturated carbocycles. The first-order valence-electron chi connectivity index (χ1n) is 10.4. The third-order valence-corrected chi connectivity index (χ3v) is 5.49. The molecule has 31 heavy (non-hydrogen) atoms. The molecule has 0 aliphatic carbocycles. The van der Waals surface area contributed by atoms with Crippen LogP contribution in [0.5, 0.6) is 0 Å². The van der Waals surface area contributed by atoms with Crippen LogP contribution < -0.4 is 15.8 Å². The molecule has 8 heteroatoms. The van der Waals surface area contributed by atoms with Crippen LogP contribution in [0.4, 0.5) is 11.4 Å². The molecule has 1 aliphatic rings. The van der Waals surface area contributed by atoms with Gasteiger partial charge in [0.15, 0.2) is 5.69 Å². The first kappa shape index (κ1) is 20.6. The summed E-state index contributed by atoms with van der Waals surface area (Å²) in [5, 5.41) is 16.6. The number of hydrogen-bond donors (Lipinski definition) is 2. The molecule has 0 atom stereocenters. The Morgan fingerprint density at radius 1 is 0.935 bits per heavy atom. The summed E-state index contributed by atoms with van der Waals surface area (Å²) < 4.78 is 0.896. The van der Waals surface area contributed by atoms with E-state index in [4.69, 9.17) is 0 Å². The fourth-order valence-corrected chi connectivity index (χ4v) is 3.92. The molecule has 1 aliphatic heterocycles. The van der Waals surface area contributed by atoms with Gasteiger partial charge in [-0.3, -0.25) is 9.59 Å². The second-order valence-corrected chi connectivity index (χ2v) is 7.66. The van der Waals surface area contributed by atoms with Gasteiger partial charge in [0.05, 0.1) is 5.39 Å². The Bertz CT molecular complexity index is 1160. The van der Waals surface area contributed by atoms with E-state index in [9.17, 15) is 19.5 Å². The Kier molecular flexibility index (Phi) is 5.97. The van der Waals surface area contributed by atoms with E-state index in [-0.39, 0.29) is 23.0 Å². The van der Waals surface area contributed by atoms with E-state index in [1.54, 1.807) is 12.1 Å². The normalized spacial score (nSPS) is 14.3. The average molecular weight is 420 g/mol. The van der Waals surface area contributed by atoms with Crippen LogP contribution in [0.3, 0.4) is 0 Å². The Hall–Kier alpha value is -3.68. The number of carbonyl (C=O) groups is 2. The lowest BCUT2D eigenvalue weighted by Gasteiger charge is -2.22. The summed E-state index contributed by atoms with van der Waals surface area (Å²) in [5.74, 6) is -1.71. The quantitative estimate of drug-likeness (QED) is 0.657. The van der Waals surface area contributed by atoms with E-state index in [0.717, 1.165) is 23.5 Å². The van der Waals surface area contributed by atoms with Gasteiger partial charge in [0, 0.05) is 29.9 Å². The number of benzene rings is 2. The standard InChI is InChI=1S/C23H24N4O4/c28-20(24-16-9-11-17(12-10-16)26-13-5-1-2-6-14-26)15-27-22(29)19-8-4-3-7-18(19)21(25-27)23(30)31/h3-4,7-12H,1-2,5-6,13-15H2,(H,24,28)(H,30,31). The molecule has 1 amide bonds. The lowest BCUT2D eigenvalue weighted by Crippen LogP contribution is -2.31. The number of carboxylic acid groups (broad SMARTS) is 1. The molecule has 0 radical (unpaired) electrons. The summed E-state index contributed by atoms with van der Waals surface area (Å²) in [6, 6.07) is 14.0. The SMILES string of the molecule is O=C(Cn1nc(C(=O)O)c2ccccc2c1=O)Nc1ccc(N2CCCCCC2)cc1. The highest BCUT2D eigenvalue weighted by Crippen LogP contribution is 2.21. The van der Waals surface area contributed by atoms with Crippen molar-refractivity contribution in [2.45, 2.75) is 32.2 Å². The summed E-state index contributed by atoms with van der Waals surface area (Å²) in [6.07, 6.45) is 4.89. The number of rotatable bonds is 5. The fourth-order valence-electron chi connectivity index (χ4n) is 3.92. The highest BCUT2D eigenvalue weighted by atomic mass is 16.4. The molecule has 2 N–H and O–H groups in total. The number of amides is 1. The molecule has 8 nitrogen and oxygen atoms in total. The lowest BCUT2D eigenvalue weighted by atomic mass is 10.1. The van der Waals surface area contributed by atoms with Gasteiger partial charge in [-0.25, -0.2) is 9.48 Å². The summed E-state index contributed by atoms with van der Waals surface area (Å²) in [5.41, 5.74) is 0.964. The minimum Gasteiger partial charge on any atom is -0.476 e. The van der Waals surface area contributed by atoms with Crippen molar-refractivity contribution in [3.8, 4) is 0 Å². The second kappa shape index (κ2) is 8.99. The maximum Gasteiger partial charge on any atom is 0.357 e. The summed E-state index contributed by atoms with van der Waals surface area (Å²) in [7, 11) is 0. The highest BCUT2D eigenvalue weighted by Gasteiger charge is 2.17. The van der Waals surface area contributed by atoms with Gasteiger partial charge in [-0.05, 0) is 43.2 Å². The molecule has 3 aromatic rings. The molecular formula is C23H24N4O4. The van der Waals surface area contributed by atoms with E-state index >= 15 is 0 Å². The van der Waals surface area contributed by atoms with Gasteiger partial charge >= 0.3 is 5.97 Å². The monoisotopic (exact) mass is 420 g/mol. The van der Waals surface area contributed by atoms with Gasteiger partial charge in [0.2, 0.25) is 5.91 Å². The first-order chi connectivity index (χ1) is 15.0. The minimum atomic E-state index is -1.26. The van der Waals surface area contributed by atoms with E-state index < -0.39 is 17.4 Å². The topological polar surface area (TPSA) is 105 Å². The average Bonchev–Trinajstić information content (AvgIpc) is 3.06. The van der Waals surface area contributed by atoms with Crippen molar-refractivity contribution < 1.29 is 14.7 Å². The number of carboxylic acids is 1. The van der Waals surface area contributed by atoms with E-state index in [1.165, 1.54) is 37.8 Å². The van der Waals surface area contributed by atoms with E-state index in [1.807, 2.05) is 24.3 Å². The number of carbonyl (C=O) groups excluding carboxylic acids is 1. The van der Waals surface area contributed by atoms with E-state index in [2.05, 4.69) is 15.3 Å². The number of nitrogens with one attached hydrogen (secondary N) is 1. The largest absolute Gasteiger partial charge is 0.476 e. The zero-order valence-corrected chi connectivity index (χ0v) is 17.1. The molecule has 160 valence electrons. The Morgan fingerprint density at radius 3 is 2.23 bits per heavy atom. The summed E-state index contributed by atoms with van der Waals surface area (Å²) >= 11 is 0. The van der Waals surface area contributed by atoms with Gasteiger partial charge in [-0.15, -0.1) is 0 Å². The smallest absolute Gasteiger partial charge is 0.357 e. The summed E-state index contributed by atoms with van der Waals surface area (Å²) in [6.45, 7) is 1.69. The Morgan fingerprint density at radius 2 is 1.58 bits per heavy atom. The van der Waals surface area contributed by atoms with Crippen LogP contribution in [-0.2, 0) is 11.3 Å². The van der Waals surface area contributed by atoms with Gasteiger partial charge in [-0.1, -0.05) is 31.0 Å². The van der Waals surface area contributed by atoms with Gasteiger partial charge in [0.25, 0.3) is 5.56 Å². The Balaban J connectivity index is 1.50. The van der Waals surface area contributed by atoms with Crippen LogP contribution in [0.25, 0.3) is 10.8 Å². The van der Waals surface area contributed by atoms with Gasteiger partial charge in [-0.2, -0.15) is 5.10 Å². The van der Waals surface area contributed by atoms with Crippen molar-refractivity contribution in [1.82, 2.24) is 9.78 Å². The maximum absolute atomic E-state index is 12.7. The van der Waals surface area contributed by atoms with Gasteiger partial charge < -0.3 is 15.3 Å². The second-order valence-electron chi connectivity index (χ2n) is 7.66. The van der Waals surface area contributed by atoms with Crippen molar-refractivity contribution >= 4 is 34.0 Å². The molecule has 0 spiro atoms. The van der Waals surface area contributed by atoms with Crippen molar-refractivity contribution in [3.05, 3.63) is 64.6 Å². The van der Waals surface area contributed by atoms with Crippen LogP contribution in [0, 0.1) is 0 Å². The third-order valence-electron chi connectivity index (χ3n) is 5.49. The molecule has 1 fully saturated rings. The fraction of sp³-hybridized carbons (Fsp3) is 0.304. The Labute approximate surface area is 179 Å². The zero-order chi connectivity index (χ0) is 21.8. The van der Waals surface area contributed by atoms with Crippen molar-refractivity contribution in [1.29, 1.82) is 0 Å². The number of aromatic carboxylic acids is 1. The predicted molar refractivity (Wildman–Crippen MR) is 119 cm³/mol. The number of anilines is 2. The number of nitrogens with zero attached hydrogens (tertiary/aromatic N) is 3. The lowest BCUT2D eigenvalue weighted by molar-refractivity contribution is -0.117. The van der Waals surface area contributed by atoms with Gasteiger partial charge in [0.1, 0.15) is 6.54 Å². The van der Waals surface area contributed by atoms with Crippen LogP contribution in [0.1, 0.15) is 36.2 Å². The van der Waals surface area contributed by atoms with Crippen LogP contribution in [0.2, 0.25) is 0 Å². The van der Waals surface area contributed by atoms with E-state index in [0.29, 0.717) is 5.69 Å². The first-order valence-corrected chi connectivity index (χ1v) is 10.4. The van der Waals surface area contributed by atoms with Crippen molar-refractivity contribution in [2.24, 2.45) is 0 Å².